The molecule has 0 saturated carbocycles. The van der Waals surface area contributed by atoms with Crippen LogP contribution >= 0.6 is 0 Å². The van der Waals surface area contributed by atoms with E-state index >= 15 is 0 Å². The molecular formula is C16H19N7O. The summed E-state index contributed by atoms with van der Waals surface area (Å²) in [7, 11) is 0. The minimum absolute atomic E-state index is 0.0140. The van der Waals surface area contributed by atoms with Gasteiger partial charge in [-0.15, -0.1) is 0 Å². The van der Waals surface area contributed by atoms with E-state index in [4.69, 9.17) is 0 Å². The number of aromatic nitrogens is 2. The first kappa shape index (κ1) is 14.9. The number of hydrogen-bond acceptors (Lipinski definition) is 5. The van der Waals surface area contributed by atoms with E-state index in [0.717, 1.165) is 11.1 Å². The summed E-state index contributed by atoms with van der Waals surface area (Å²) in [5.41, 5.74) is 8.29. The molecule has 1 aromatic carbocycles. The van der Waals surface area contributed by atoms with Crippen LogP contribution in [0.3, 0.4) is 0 Å². The summed E-state index contributed by atoms with van der Waals surface area (Å²) in [6, 6.07) is 10.0. The lowest BCUT2D eigenvalue weighted by Gasteiger charge is -2.27. The second-order valence-electron chi connectivity index (χ2n) is 5.88. The molecule has 2 aliphatic heterocycles. The van der Waals surface area contributed by atoms with E-state index in [1.165, 1.54) is 0 Å². The first-order chi connectivity index (χ1) is 11.8. The number of carbonyl (C=O) groups is 1. The van der Waals surface area contributed by atoms with Crippen molar-refractivity contribution in [2.75, 3.05) is 6.54 Å². The number of nitrogens with one attached hydrogen (secondary N) is 4. The smallest absolute Gasteiger partial charge is 0.234 e. The normalized spacial score (nSPS) is 24.5. The predicted octanol–water partition coefficient (Wildman–Crippen LogP) is -0.443. The minimum atomic E-state index is -0.115. The molecule has 2 saturated heterocycles. The molecule has 0 spiro atoms. The number of benzene rings is 1. The summed E-state index contributed by atoms with van der Waals surface area (Å²) in [5.74, 6) is 0.377. The van der Waals surface area contributed by atoms with Crippen molar-refractivity contribution in [2.45, 2.75) is 19.3 Å². The number of rotatable bonds is 4. The van der Waals surface area contributed by atoms with E-state index < -0.39 is 0 Å². The second kappa shape index (κ2) is 6.42. The lowest BCUT2D eigenvalue weighted by molar-refractivity contribution is -0.124. The van der Waals surface area contributed by atoms with Crippen molar-refractivity contribution in [3.05, 3.63) is 53.9 Å². The lowest BCUT2D eigenvalue weighted by atomic mass is 10.1. The van der Waals surface area contributed by atoms with Gasteiger partial charge in [0, 0.05) is 18.9 Å². The van der Waals surface area contributed by atoms with Crippen LogP contribution in [-0.2, 0) is 17.9 Å². The van der Waals surface area contributed by atoms with Crippen molar-refractivity contribution >= 4 is 11.9 Å². The maximum atomic E-state index is 12.1. The zero-order chi connectivity index (χ0) is 16.4. The molecule has 0 bridgehead atoms. The monoisotopic (exact) mass is 325 g/mol. The van der Waals surface area contributed by atoms with E-state index in [-0.39, 0.29) is 18.0 Å². The Balaban J connectivity index is 1.48. The number of amides is 1. The number of hydrazine groups is 1. The highest BCUT2D eigenvalue weighted by Gasteiger charge is 2.37. The fraction of sp³-hybridized carbons (Fsp3) is 0.312. The van der Waals surface area contributed by atoms with E-state index in [2.05, 4.69) is 37.6 Å². The molecule has 1 amide bonds. The van der Waals surface area contributed by atoms with Gasteiger partial charge >= 0.3 is 0 Å². The number of nitrogens with zero attached hydrogens (tertiary/aromatic N) is 3. The second-order valence-corrected chi connectivity index (χ2v) is 5.88. The Morgan fingerprint density at radius 2 is 2.12 bits per heavy atom. The average molecular weight is 325 g/mol. The summed E-state index contributed by atoms with van der Waals surface area (Å²) in [6.45, 7) is 1.80. The van der Waals surface area contributed by atoms with E-state index in [0.29, 0.717) is 25.6 Å². The fourth-order valence-electron chi connectivity index (χ4n) is 2.95. The summed E-state index contributed by atoms with van der Waals surface area (Å²) in [5, 5.41) is 10.3. The van der Waals surface area contributed by atoms with Crippen molar-refractivity contribution < 1.29 is 4.79 Å². The first-order valence-electron chi connectivity index (χ1n) is 7.94. The molecule has 4 N–H and O–H groups in total. The van der Waals surface area contributed by atoms with Crippen LogP contribution in [0.4, 0.5) is 0 Å². The van der Waals surface area contributed by atoms with Gasteiger partial charge < -0.3 is 5.32 Å². The SMILES string of the molecule is O=C1NC(=NCc2ccccc2Cn2cccn2)NC2NNCC12. The van der Waals surface area contributed by atoms with E-state index in [1.54, 1.807) is 6.20 Å². The van der Waals surface area contributed by atoms with Crippen molar-refractivity contribution in [3.63, 3.8) is 0 Å². The van der Waals surface area contributed by atoms with Gasteiger partial charge in [-0.1, -0.05) is 24.3 Å². The molecule has 24 heavy (non-hydrogen) atoms. The zero-order valence-corrected chi connectivity index (χ0v) is 13.1. The van der Waals surface area contributed by atoms with Crippen LogP contribution in [-0.4, -0.2) is 34.4 Å². The van der Waals surface area contributed by atoms with Gasteiger partial charge in [-0.25, -0.2) is 10.4 Å². The summed E-state index contributed by atoms with van der Waals surface area (Å²) < 4.78 is 1.88. The molecule has 2 atom stereocenters. The van der Waals surface area contributed by atoms with Crippen molar-refractivity contribution in [2.24, 2.45) is 10.9 Å². The standard InChI is InChI=1S/C16H19N7O/c24-15-13-9-18-22-14(13)20-16(21-15)17-8-11-4-1-2-5-12(11)10-23-7-3-6-19-23/h1-7,13-14,18,22H,8-10H2,(H2,17,20,21,24). The highest BCUT2D eigenvalue weighted by molar-refractivity contribution is 6.01. The first-order valence-corrected chi connectivity index (χ1v) is 7.94. The molecular weight excluding hydrogens is 306 g/mol. The highest BCUT2D eigenvalue weighted by Crippen LogP contribution is 2.13. The molecule has 124 valence electrons. The molecule has 1 aromatic heterocycles. The molecule has 2 fully saturated rings. The maximum absolute atomic E-state index is 12.1. The quantitative estimate of drug-likeness (QED) is 0.611. The molecule has 8 heteroatoms. The Morgan fingerprint density at radius 3 is 2.96 bits per heavy atom. The van der Waals surface area contributed by atoms with Gasteiger partial charge in [0.1, 0.15) is 6.17 Å². The third kappa shape index (κ3) is 3.01. The molecule has 2 aromatic rings. The molecule has 4 rings (SSSR count). The van der Waals surface area contributed by atoms with Crippen LogP contribution in [0.2, 0.25) is 0 Å². The third-order valence-corrected chi connectivity index (χ3v) is 4.27. The molecule has 2 unspecified atom stereocenters. The molecule has 8 nitrogen and oxygen atoms in total. The molecule has 0 radical (unpaired) electrons. The Hall–Kier alpha value is -2.71. The van der Waals surface area contributed by atoms with Crippen molar-refractivity contribution in [1.29, 1.82) is 0 Å². The van der Waals surface area contributed by atoms with Gasteiger partial charge in [-0.3, -0.25) is 20.2 Å². The van der Waals surface area contributed by atoms with Gasteiger partial charge in [-0.05, 0) is 17.2 Å². The largest absolute Gasteiger partial charge is 0.339 e. The van der Waals surface area contributed by atoms with Gasteiger partial charge in [0.05, 0.1) is 19.0 Å². The number of hydrogen-bond donors (Lipinski definition) is 4. The van der Waals surface area contributed by atoms with Crippen LogP contribution in [0.15, 0.2) is 47.7 Å². The number of aliphatic imine (C=N–C) groups is 1. The van der Waals surface area contributed by atoms with Crippen LogP contribution in [0.5, 0.6) is 0 Å². The van der Waals surface area contributed by atoms with Crippen molar-refractivity contribution in [3.8, 4) is 0 Å². The van der Waals surface area contributed by atoms with Crippen LogP contribution in [0, 0.1) is 5.92 Å². The predicted molar refractivity (Wildman–Crippen MR) is 88.6 cm³/mol. The van der Waals surface area contributed by atoms with Crippen LogP contribution in [0.25, 0.3) is 0 Å². The average Bonchev–Trinajstić information content (AvgIpc) is 3.25. The van der Waals surface area contributed by atoms with Gasteiger partial charge in [-0.2, -0.15) is 5.10 Å². The van der Waals surface area contributed by atoms with Gasteiger partial charge in [0.25, 0.3) is 0 Å². The number of guanidine groups is 1. The maximum Gasteiger partial charge on any atom is 0.234 e. The molecule has 3 heterocycles. The summed E-state index contributed by atoms with van der Waals surface area (Å²) >= 11 is 0. The third-order valence-electron chi connectivity index (χ3n) is 4.27. The molecule has 0 aliphatic carbocycles. The Kier molecular flexibility index (Phi) is 3.97. The summed E-state index contributed by atoms with van der Waals surface area (Å²) in [4.78, 5) is 16.6. The van der Waals surface area contributed by atoms with Crippen molar-refractivity contribution in [1.82, 2.24) is 31.3 Å². The Morgan fingerprint density at radius 1 is 1.25 bits per heavy atom. The highest BCUT2D eigenvalue weighted by atomic mass is 16.2. The Bertz CT molecular complexity index is 756. The van der Waals surface area contributed by atoms with Gasteiger partial charge in [0.15, 0.2) is 5.96 Å². The van der Waals surface area contributed by atoms with Crippen LogP contribution in [0.1, 0.15) is 11.1 Å². The zero-order valence-electron chi connectivity index (χ0n) is 13.1. The minimum Gasteiger partial charge on any atom is -0.339 e. The van der Waals surface area contributed by atoms with Gasteiger partial charge in [0.2, 0.25) is 5.91 Å². The van der Waals surface area contributed by atoms with E-state index in [1.807, 2.05) is 35.1 Å². The number of fused-ring (bicyclic) bond motifs is 1. The topological polar surface area (TPSA) is 95.4 Å². The Labute approximate surface area is 139 Å². The summed E-state index contributed by atoms with van der Waals surface area (Å²) in [6.07, 6.45) is 3.59. The van der Waals surface area contributed by atoms with Crippen LogP contribution < -0.4 is 21.5 Å². The fourth-order valence-corrected chi connectivity index (χ4v) is 2.95. The van der Waals surface area contributed by atoms with E-state index in [9.17, 15) is 4.79 Å². The number of carbonyl (C=O) groups excluding carboxylic acids is 1. The molecule has 2 aliphatic rings. The lowest BCUT2D eigenvalue weighted by Crippen LogP contribution is -2.61.